The third-order valence-corrected chi connectivity index (χ3v) is 7.27. The van der Waals surface area contributed by atoms with Crippen LogP contribution in [0.15, 0.2) is 47.6 Å². The minimum absolute atomic E-state index is 0.0947. The van der Waals surface area contributed by atoms with Crippen molar-refractivity contribution >= 4 is 29.7 Å². The molecule has 0 aromatic carbocycles. The summed E-state index contributed by atoms with van der Waals surface area (Å²) in [6, 6.07) is 0. The summed E-state index contributed by atoms with van der Waals surface area (Å²) < 4.78 is 21.5. The lowest BCUT2D eigenvalue weighted by Crippen LogP contribution is -2.38. The van der Waals surface area contributed by atoms with Crippen LogP contribution in [0.4, 0.5) is 0 Å². The van der Waals surface area contributed by atoms with Gasteiger partial charge in [0.2, 0.25) is 0 Å². The van der Waals surface area contributed by atoms with Gasteiger partial charge in [-0.2, -0.15) is 0 Å². The van der Waals surface area contributed by atoms with Crippen LogP contribution in [0.3, 0.4) is 0 Å². The van der Waals surface area contributed by atoms with Crippen molar-refractivity contribution in [2.45, 2.75) is 52.7 Å². The van der Waals surface area contributed by atoms with Gasteiger partial charge in [-0.25, -0.2) is 14.4 Å². The maximum Gasteiger partial charge on any atom is 0.337 e. The number of ketones is 1. The molecule has 1 saturated heterocycles. The summed E-state index contributed by atoms with van der Waals surface area (Å²) in [6.07, 6.45) is 2.09. The van der Waals surface area contributed by atoms with E-state index in [2.05, 4.69) is 13.2 Å². The Morgan fingerprint density at radius 1 is 1.00 bits per heavy atom. The van der Waals surface area contributed by atoms with Crippen LogP contribution in [0.2, 0.25) is 0 Å². The van der Waals surface area contributed by atoms with Gasteiger partial charge in [0.15, 0.2) is 0 Å². The van der Waals surface area contributed by atoms with Gasteiger partial charge < -0.3 is 18.9 Å². The molecule has 3 aliphatic rings. The van der Waals surface area contributed by atoms with Crippen LogP contribution in [0.5, 0.6) is 0 Å². The van der Waals surface area contributed by atoms with Crippen LogP contribution in [-0.4, -0.2) is 55.1 Å². The minimum Gasteiger partial charge on any atom is -0.461 e. The van der Waals surface area contributed by atoms with Crippen LogP contribution in [-0.2, 0) is 42.9 Å². The minimum atomic E-state index is -0.775. The number of allylic oxidation sites excluding steroid dienone is 2. The summed E-state index contributed by atoms with van der Waals surface area (Å²) in [6.45, 7) is 13.7. The average molecular weight is 501 g/mol. The predicted molar refractivity (Wildman–Crippen MR) is 127 cm³/mol. The fraction of sp³-hybridized carbons (Fsp3) is 0.519. The van der Waals surface area contributed by atoms with E-state index in [0.29, 0.717) is 6.42 Å². The van der Waals surface area contributed by atoms with Crippen molar-refractivity contribution in [1.29, 1.82) is 0 Å². The summed E-state index contributed by atoms with van der Waals surface area (Å²) in [5, 5.41) is 0. The molecule has 0 radical (unpaired) electrons. The molecule has 3 fully saturated rings. The number of fused-ring (bicyclic) bond motifs is 3. The molecule has 9 nitrogen and oxygen atoms in total. The lowest BCUT2D eigenvalue weighted by Gasteiger charge is -2.29. The molecular weight excluding hydrogens is 468 g/mol. The van der Waals surface area contributed by atoms with Crippen molar-refractivity contribution in [3.63, 3.8) is 0 Å². The molecule has 2 saturated carbocycles. The number of hydrogen-bond donors (Lipinski definition) is 0. The predicted octanol–water partition coefficient (Wildman–Crippen LogP) is 2.80. The molecule has 3 rings (SSSR count). The molecule has 0 unspecified atom stereocenters. The van der Waals surface area contributed by atoms with Crippen LogP contribution < -0.4 is 0 Å². The summed E-state index contributed by atoms with van der Waals surface area (Å²) in [5.41, 5.74) is 1.20. The number of esters is 4. The van der Waals surface area contributed by atoms with Crippen LogP contribution in [0.1, 0.15) is 40.5 Å². The Morgan fingerprint density at radius 3 is 2.22 bits per heavy atom. The Hall–Kier alpha value is -3.49. The second-order valence-electron chi connectivity index (χ2n) is 9.35. The zero-order valence-corrected chi connectivity index (χ0v) is 21.0. The van der Waals surface area contributed by atoms with E-state index in [0.717, 1.165) is 5.57 Å². The van der Waals surface area contributed by atoms with Gasteiger partial charge in [-0.3, -0.25) is 9.59 Å². The first-order chi connectivity index (χ1) is 17.0. The Morgan fingerprint density at radius 2 is 1.61 bits per heavy atom. The molecule has 194 valence electrons. The van der Waals surface area contributed by atoms with Crippen LogP contribution in [0, 0.1) is 23.7 Å². The molecule has 0 spiro atoms. The summed E-state index contributed by atoms with van der Waals surface area (Å²) in [4.78, 5) is 61.3. The average Bonchev–Trinajstić information content (AvgIpc) is 3.24. The fourth-order valence-electron chi connectivity index (χ4n) is 5.19. The number of carbonyl (C=O) groups is 5. The highest BCUT2D eigenvalue weighted by atomic mass is 16.6. The van der Waals surface area contributed by atoms with Crippen molar-refractivity contribution in [1.82, 2.24) is 0 Å². The van der Waals surface area contributed by atoms with Gasteiger partial charge >= 0.3 is 23.9 Å². The smallest absolute Gasteiger partial charge is 0.337 e. The molecular formula is C27H32O9. The molecule has 1 heterocycles. The van der Waals surface area contributed by atoms with Gasteiger partial charge in [0.1, 0.15) is 31.2 Å². The van der Waals surface area contributed by atoms with Crippen molar-refractivity contribution in [3.8, 4) is 0 Å². The number of Topliss-reactive ketones (excluding diaryl/α,β-unsaturated/α-hetero) is 1. The summed E-state index contributed by atoms with van der Waals surface area (Å²) >= 11 is 0. The van der Waals surface area contributed by atoms with Crippen molar-refractivity contribution in [2.24, 2.45) is 23.7 Å². The highest BCUT2D eigenvalue weighted by Crippen LogP contribution is 2.52. The number of rotatable bonds is 7. The molecule has 9 heteroatoms. The number of hydrogen-bond acceptors (Lipinski definition) is 9. The molecule has 0 aromatic heterocycles. The van der Waals surface area contributed by atoms with E-state index >= 15 is 0 Å². The van der Waals surface area contributed by atoms with Crippen LogP contribution in [0.25, 0.3) is 0 Å². The van der Waals surface area contributed by atoms with Gasteiger partial charge in [-0.15, -0.1) is 0 Å². The van der Waals surface area contributed by atoms with E-state index in [1.807, 2.05) is 6.92 Å². The van der Waals surface area contributed by atoms with Gasteiger partial charge in [-0.05, 0) is 19.8 Å². The Kier molecular flexibility index (Phi) is 8.32. The Bertz CT molecular complexity index is 1060. The zero-order chi connectivity index (χ0) is 26.7. The van der Waals surface area contributed by atoms with E-state index < -0.39 is 42.0 Å². The standard InChI is InChI=1S/C27H32O9/c1-7-17(11-33-16(6)28)26(31)34-12-18(8-2)27(32)35-21-9-13(3)19-10-20(29)14(4)22(19)24-23(21)15(5)25(30)36-24/h7-8,14,19,21-24H,3,5,9-12H2,1-2,4,6H3/b17-7+,18-8+/t14-,19+,21-,22+,23-,24-/m1/s1. The normalized spacial score (nSPS) is 30.2. The molecule has 0 bridgehead atoms. The van der Waals surface area contributed by atoms with Gasteiger partial charge in [0.05, 0.1) is 17.1 Å². The highest BCUT2D eigenvalue weighted by Gasteiger charge is 2.57. The lowest BCUT2D eigenvalue weighted by atomic mass is 9.79. The molecule has 36 heavy (non-hydrogen) atoms. The van der Waals surface area contributed by atoms with E-state index in [-0.39, 0.29) is 59.9 Å². The topological polar surface area (TPSA) is 122 Å². The molecule has 0 amide bonds. The van der Waals surface area contributed by atoms with E-state index in [4.69, 9.17) is 18.9 Å². The first-order valence-corrected chi connectivity index (χ1v) is 11.9. The van der Waals surface area contributed by atoms with Crippen LogP contribution >= 0.6 is 0 Å². The number of ether oxygens (including phenoxy) is 4. The second-order valence-corrected chi connectivity index (χ2v) is 9.35. The van der Waals surface area contributed by atoms with Gasteiger partial charge in [0, 0.05) is 37.2 Å². The molecule has 1 aliphatic heterocycles. The van der Waals surface area contributed by atoms with Gasteiger partial charge in [0.25, 0.3) is 0 Å². The lowest BCUT2D eigenvalue weighted by molar-refractivity contribution is -0.150. The maximum atomic E-state index is 13.1. The summed E-state index contributed by atoms with van der Waals surface area (Å²) in [7, 11) is 0. The van der Waals surface area contributed by atoms with E-state index in [1.165, 1.54) is 19.1 Å². The first kappa shape index (κ1) is 27.1. The SMILES string of the molecule is C=C1C(=O)O[C@H]2[C@H]1[C@H](OC(=O)/C(=C/C)COC(=O)/C(=C/C)COC(C)=O)CC(=C)[C@@H]1CC(=O)[C@@H](C)[C@H]21. The van der Waals surface area contributed by atoms with E-state index in [9.17, 15) is 24.0 Å². The Balaban J connectivity index is 1.73. The molecule has 2 aliphatic carbocycles. The first-order valence-electron chi connectivity index (χ1n) is 11.9. The molecule has 0 aromatic rings. The van der Waals surface area contributed by atoms with Gasteiger partial charge in [-0.1, -0.05) is 37.8 Å². The molecule has 0 N–H and O–H groups in total. The van der Waals surface area contributed by atoms with Crippen molar-refractivity contribution < 1.29 is 42.9 Å². The van der Waals surface area contributed by atoms with E-state index in [1.54, 1.807) is 13.8 Å². The Labute approximate surface area is 210 Å². The summed E-state index contributed by atoms with van der Waals surface area (Å²) in [5.74, 6) is -3.79. The third-order valence-electron chi connectivity index (χ3n) is 7.27. The molecule has 6 atom stereocenters. The van der Waals surface area contributed by atoms with Crippen molar-refractivity contribution in [2.75, 3.05) is 13.2 Å². The fourth-order valence-corrected chi connectivity index (χ4v) is 5.19. The number of carbonyl (C=O) groups excluding carboxylic acids is 5. The quantitative estimate of drug-likeness (QED) is 0.225. The largest absolute Gasteiger partial charge is 0.461 e. The highest BCUT2D eigenvalue weighted by molar-refractivity contribution is 5.93. The third kappa shape index (κ3) is 5.34. The zero-order valence-electron chi connectivity index (χ0n) is 21.0. The monoisotopic (exact) mass is 500 g/mol. The van der Waals surface area contributed by atoms with Crippen molar-refractivity contribution in [3.05, 3.63) is 47.6 Å². The maximum absolute atomic E-state index is 13.1. The second kappa shape index (κ2) is 11.1.